The Morgan fingerprint density at radius 2 is 2.28 bits per heavy atom. The smallest absolute Gasteiger partial charge is 0.216 e. The van der Waals surface area contributed by atoms with Crippen LogP contribution in [0.2, 0.25) is 5.02 Å². The molecular weight excluding hydrogens is 248 g/mol. The van der Waals surface area contributed by atoms with E-state index >= 15 is 0 Å². The molecule has 4 heteroatoms. The zero-order chi connectivity index (χ0) is 12.5. The number of nitrogens with zero attached hydrogens (tertiary/aromatic N) is 1. The summed E-state index contributed by atoms with van der Waals surface area (Å²) in [4.78, 5) is 4.69. The van der Waals surface area contributed by atoms with Crippen LogP contribution in [-0.2, 0) is 4.74 Å². The van der Waals surface area contributed by atoms with Gasteiger partial charge in [-0.05, 0) is 49.9 Å². The summed E-state index contributed by atoms with van der Waals surface area (Å²) in [6.45, 7) is 0.749. The maximum absolute atomic E-state index is 5.99. The molecule has 3 unspecified atom stereocenters. The first-order valence-corrected chi connectivity index (χ1v) is 6.84. The van der Waals surface area contributed by atoms with E-state index in [2.05, 4.69) is 4.99 Å². The van der Waals surface area contributed by atoms with Crippen molar-refractivity contribution in [2.75, 3.05) is 6.54 Å². The number of rotatable bonds is 2. The van der Waals surface area contributed by atoms with Crippen molar-refractivity contribution in [3.05, 3.63) is 34.9 Å². The summed E-state index contributed by atoms with van der Waals surface area (Å²) in [7, 11) is 0. The number of benzene rings is 1. The van der Waals surface area contributed by atoms with Crippen molar-refractivity contribution in [3.8, 4) is 0 Å². The molecule has 1 heterocycles. The molecule has 0 amide bonds. The van der Waals surface area contributed by atoms with Crippen molar-refractivity contribution in [3.63, 3.8) is 0 Å². The minimum atomic E-state index is 0.210. The number of halogens is 1. The molecule has 3 rings (SSSR count). The van der Waals surface area contributed by atoms with E-state index < -0.39 is 0 Å². The minimum absolute atomic E-state index is 0.210. The lowest BCUT2D eigenvalue weighted by Crippen LogP contribution is -2.34. The van der Waals surface area contributed by atoms with Gasteiger partial charge in [0.05, 0.1) is 6.04 Å². The first-order valence-electron chi connectivity index (χ1n) is 6.46. The van der Waals surface area contributed by atoms with Crippen LogP contribution in [0.3, 0.4) is 0 Å². The van der Waals surface area contributed by atoms with Gasteiger partial charge in [0.2, 0.25) is 5.90 Å². The van der Waals surface area contributed by atoms with Gasteiger partial charge in [-0.1, -0.05) is 17.7 Å². The highest BCUT2D eigenvalue weighted by Gasteiger charge is 2.36. The van der Waals surface area contributed by atoms with Crippen LogP contribution in [0, 0.1) is 5.92 Å². The van der Waals surface area contributed by atoms with Crippen LogP contribution in [0.4, 0.5) is 0 Å². The van der Waals surface area contributed by atoms with Crippen LogP contribution in [0.1, 0.15) is 24.8 Å². The highest BCUT2D eigenvalue weighted by Crippen LogP contribution is 2.33. The summed E-state index contributed by atoms with van der Waals surface area (Å²) in [5, 5.41) is 0.716. The molecule has 18 heavy (non-hydrogen) atoms. The Morgan fingerprint density at radius 1 is 1.39 bits per heavy atom. The second-order valence-corrected chi connectivity index (χ2v) is 5.52. The summed E-state index contributed by atoms with van der Waals surface area (Å²) < 4.78 is 5.97. The summed E-state index contributed by atoms with van der Waals surface area (Å²) in [6.07, 6.45) is 3.47. The lowest BCUT2D eigenvalue weighted by atomic mass is 9.84. The molecule has 96 valence electrons. The van der Waals surface area contributed by atoms with E-state index in [1.54, 1.807) is 0 Å². The molecule has 2 aliphatic rings. The summed E-state index contributed by atoms with van der Waals surface area (Å²) >= 11 is 5.99. The number of nitrogens with two attached hydrogens (primary N) is 1. The number of fused-ring (bicyclic) bond motifs is 1. The summed E-state index contributed by atoms with van der Waals surface area (Å²) in [6, 6.07) is 7.98. The quantitative estimate of drug-likeness (QED) is 0.893. The van der Waals surface area contributed by atoms with E-state index in [9.17, 15) is 0 Å². The van der Waals surface area contributed by atoms with Gasteiger partial charge in [0.25, 0.3) is 0 Å². The normalized spacial score (nSPS) is 30.6. The molecule has 0 saturated heterocycles. The second kappa shape index (κ2) is 4.90. The zero-order valence-corrected chi connectivity index (χ0v) is 10.9. The molecule has 0 radical (unpaired) electrons. The zero-order valence-electron chi connectivity index (χ0n) is 10.2. The van der Waals surface area contributed by atoms with Crippen molar-refractivity contribution < 1.29 is 4.74 Å². The average Bonchev–Trinajstić information content (AvgIpc) is 2.81. The van der Waals surface area contributed by atoms with Gasteiger partial charge in [-0.2, -0.15) is 0 Å². The van der Waals surface area contributed by atoms with E-state index in [1.807, 2.05) is 24.3 Å². The maximum Gasteiger partial charge on any atom is 0.216 e. The fourth-order valence-corrected chi connectivity index (χ4v) is 2.96. The largest absolute Gasteiger partial charge is 0.472 e. The summed E-state index contributed by atoms with van der Waals surface area (Å²) in [5.41, 5.74) is 6.71. The molecule has 0 aromatic heterocycles. The van der Waals surface area contributed by atoms with Gasteiger partial charge >= 0.3 is 0 Å². The third kappa shape index (κ3) is 2.25. The lowest BCUT2D eigenvalue weighted by molar-refractivity contribution is 0.123. The standard InChI is InChI=1S/C14H17ClN2O/c15-11-3-1-2-10(7-11)14-17-12-5-4-9(8-16)6-13(12)18-14/h1-3,7,9,12-13H,4-6,8,16H2. The predicted molar refractivity (Wildman–Crippen MR) is 73.0 cm³/mol. The Balaban J connectivity index is 1.77. The van der Waals surface area contributed by atoms with Gasteiger partial charge < -0.3 is 10.5 Å². The molecule has 1 aromatic carbocycles. The third-order valence-corrected chi connectivity index (χ3v) is 4.05. The molecular formula is C14H17ClN2O. The minimum Gasteiger partial charge on any atom is -0.472 e. The molecule has 0 bridgehead atoms. The van der Waals surface area contributed by atoms with E-state index in [4.69, 9.17) is 22.1 Å². The second-order valence-electron chi connectivity index (χ2n) is 5.08. The Hall–Kier alpha value is -1.06. The van der Waals surface area contributed by atoms with Crippen LogP contribution in [0.15, 0.2) is 29.3 Å². The van der Waals surface area contributed by atoms with Crippen LogP contribution >= 0.6 is 11.6 Å². The number of hydrogen-bond donors (Lipinski definition) is 1. The Kier molecular flexibility index (Phi) is 3.27. The highest BCUT2D eigenvalue weighted by atomic mass is 35.5. The monoisotopic (exact) mass is 264 g/mol. The lowest BCUT2D eigenvalue weighted by Gasteiger charge is -2.28. The molecule has 3 nitrogen and oxygen atoms in total. The highest BCUT2D eigenvalue weighted by molar-refractivity contribution is 6.30. The first kappa shape index (κ1) is 12.0. The molecule has 2 N–H and O–H groups in total. The van der Waals surface area contributed by atoms with Crippen LogP contribution in [0.25, 0.3) is 0 Å². The molecule has 1 aliphatic heterocycles. The van der Waals surface area contributed by atoms with E-state index in [0.29, 0.717) is 17.0 Å². The maximum atomic E-state index is 5.99. The van der Waals surface area contributed by atoms with Gasteiger partial charge in [-0.3, -0.25) is 0 Å². The Morgan fingerprint density at radius 3 is 3.06 bits per heavy atom. The molecule has 1 fully saturated rings. The number of aliphatic imine (C=N–C) groups is 1. The van der Waals surface area contributed by atoms with Crippen LogP contribution in [0.5, 0.6) is 0 Å². The van der Waals surface area contributed by atoms with E-state index in [-0.39, 0.29) is 6.10 Å². The molecule has 3 atom stereocenters. The topological polar surface area (TPSA) is 47.6 Å². The fraction of sp³-hybridized carbons (Fsp3) is 0.500. The Bertz CT molecular complexity index is 475. The fourth-order valence-electron chi connectivity index (χ4n) is 2.77. The van der Waals surface area contributed by atoms with E-state index in [1.165, 1.54) is 0 Å². The molecule has 1 aromatic rings. The molecule has 1 saturated carbocycles. The van der Waals surface area contributed by atoms with Crippen LogP contribution in [-0.4, -0.2) is 24.6 Å². The Labute approximate surface area is 112 Å². The molecule has 1 aliphatic carbocycles. The average molecular weight is 265 g/mol. The van der Waals surface area contributed by atoms with Crippen molar-refractivity contribution in [1.82, 2.24) is 0 Å². The van der Waals surface area contributed by atoms with Crippen molar-refractivity contribution in [2.24, 2.45) is 16.6 Å². The number of ether oxygens (including phenoxy) is 1. The number of hydrogen-bond acceptors (Lipinski definition) is 3. The SMILES string of the molecule is NCC1CCC2N=C(c3cccc(Cl)c3)OC2C1. The molecule has 0 spiro atoms. The van der Waals surface area contributed by atoms with Gasteiger partial charge in [-0.15, -0.1) is 0 Å². The van der Waals surface area contributed by atoms with Gasteiger partial charge in [0, 0.05) is 10.6 Å². The van der Waals surface area contributed by atoms with Gasteiger partial charge in [-0.25, -0.2) is 4.99 Å². The van der Waals surface area contributed by atoms with E-state index in [0.717, 1.165) is 37.3 Å². The first-order chi connectivity index (χ1) is 8.76. The predicted octanol–water partition coefficient (Wildman–Crippen LogP) is 2.61. The van der Waals surface area contributed by atoms with Crippen LogP contribution < -0.4 is 5.73 Å². The van der Waals surface area contributed by atoms with Crippen molar-refractivity contribution >= 4 is 17.5 Å². The van der Waals surface area contributed by atoms with Crippen molar-refractivity contribution in [2.45, 2.75) is 31.4 Å². The summed E-state index contributed by atoms with van der Waals surface area (Å²) in [5.74, 6) is 1.32. The van der Waals surface area contributed by atoms with Gasteiger partial charge in [0.1, 0.15) is 6.10 Å². The third-order valence-electron chi connectivity index (χ3n) is 3.82. The van der Waals surface area contributed by atoms with Crippen molar-refractivity contribution in [1.29, 1.82) is 0 Å². The van der Waals surface area contributed by atoms with Gasteiger partial charge in [0.15, 0.2) is 0 Å².